The van der Waals surface area contributed by atoms with Crippen molar-refractivity contribution in [2.24, 2.45) is 0 Å². The molecule has 1 aliphatic rings. The van der Waals surface area contributed by atoms with Crippen molar-refractivity contribution in [3.63, 3.8) is 0 Å². The highest BCUT2D eigenvalue weighted by Crippen LogP contribution is 2.31. The molecule has 0 spiro atoms. The lowest BCUT2D eigenvalue weighted by Gasteiger charge is -2.24. The maximum absolute atomic E-state index is 13.2. The van der Waals surface area contributed by atoms with Gasteiger partial charge in [-0.25, -0.2) is 8.42 Å². The van der Waals surface area contributed by atoms with Crippen LogP contribution in [0.3, 0.4) is 0 Å². The van der Waals surface area contributed by atoms with Crippen molar-refractivity contribution in [2.45, 2.75) is 30.7 Å². The number of rotatable bonds is 5. The van der Waals surface area contributed by atoms with Crippen molar-refractivity contribution in [3.8, 4) is 5.75 Å². The van der Waals surface area contributed by atoms with Crippen LogP contribution in [0.5, 0.6) is 5.75 Å². The molecule has 0 aliphatic carbocycles. The number of carbonyl (C=O) groups excluding carboxylic acids is 1. The lowest BCUT2D eigenvalue weighted by molar-refractivity contribution is -0.119. The number of methoxy groups -OCH3 is 1. The Bertz CT molecular complexity index is 991. The molecule has 1 saturated heterocycles. The molecule has 3 rings (SSSR count). The lowest BCUT2D eigenvalue weighted by atomic mass is 10.2. The van der Waals surface area contributed by atoms with Gasteiger partial charge in [-0.1, -0.05) is 29.3 Å². The zero-order chi connectivity index (χ0) is 20.5. The molecule has 28 heavy (non-hydrogen) atoms. The van der Waals surface area contributed by atoms with Gasteiger partial charge in [0.05, 0.1) is 12.0 Å². The summed E-state index contributed by atoms with van der Waals surface area (Å²) in [5, 5.41) is 3.48. The molecule has 1 N–H and O–H groups in total. The molecule has 9 heteroatoms. The third kappa shape index (κ3) is 4.27. The van der Waals surface area contributed by atoms with Crippen molar-refractivity contribution >= 4 is 44.8 Å². The molecule has 0 bridgehead atoms. The zero-order valence-electron chi connectivity index (χ0n) is 15.4. The maximum Gasteiger partial charge on any atom is 0.244 e. The summed E-state index contributed by atoms with van der Waals surface area (Å²) < 4.78 is 32.9. The SMILES string of the molecule is COc1ccc(C)c(S(=O)(=O)N2CCC[C@H]2C(=O)Nc2cc(Cl)cc(Cl)c2)c1. The first-order valence-electron chi connectivity index (χ1n) is 8.66. The molecular formula is C19H20Cl2N2O4S. The van der Waals surface area contributed by atoms with Crippen LogP contribution in [0, 0.1) is 6.92 Å². The number of sulfonamides is 1. The summed E-state index contributed by atoms with van der Waals surface area (Å²) in [6.45, 7) is 1.98. The molecule has 0 aromatic heterocycles. The van der Waals surface area contributed by atoms with E-state index in [0.29, 0.717) is 39.9 Å². The average molecular weight is 443 g/mol. The second-order valence-corrected chi connectivity index (χ2v) is 9.28. The number of amides is 1. The first-order valence-corrected chi connectivity index (χ1v) is 10.9. The van der Waals surface area contributed by atoms with Gasteiger partial charge in [0.25, 0.3) is 0 Å². The average Bonchev–Trinajstić information content (AvgIpc) is 3.12. The summed E-state index contributed by atoms with van der Waals surface area (Å²) in [5.74, 6) is 0.0258. The Balaban J connectivity index is 1.88. The number of benzene rings is 2. The minimum Gasteiger partial charge on any atom is -0.497 e. The van der Waals surface area contributed by atoms with E-state index in [1.54, 1.807) is 37.3 Å². The van der Waals surface area contributed by atoms with E-state index in [0.717, 1.165) is 0 Å². The Labute approximate surface area is 174 Å². The quantitative estimate of drug-likeness (QED) is 0.755. The lowest BCUT2D eigenvalue weighted by Crippen LogP contribution is -2.43. The second kappa shape index (κ2) is 8.29. The van der Waals surface area contributed by atoms with Crippen molar-refractivity contribution in [1.82, 2.24) is 4.31 Å². The number of hydrogen-bond donors (Lipinski definition) is 1. The van der Waals surface area contributed by atoms with Crippen LogP contribution in [0.1, 0.15) is 18.4 Å². The number of ether oxygens (including phenoxy) is 1. The predicted octanol–water partition coefficient (Wildman–Crippen LogP) is 4.10. The van der Waals surface area contributed by atoms with Crippen LogP contribution in [-0.4, -0.2) is 38.3 Å². The molecular weight excluding hydrogens is 423 g/mol. The molecule has 1 atom stereocenters. The first kappa shape index (κ1) is 20.9. The minimum atomic E-state index is -3.86. The van der Waals surface area contributed by atoms with Crippen LogP contribution in [0.15, 0.2) is 41.3 Å². The number of halogens is 2. The highest BCUT2D eigenvalue weighted by atomic mass is 35.5. The van der Waals surface area contributed by atoms with Crippen molar-refractivity contribution in [2.75, 3.05) is 19.0 Å². The van der Waals surface area contributed by atoms with Crippen LogP contribution in [0.4, 0.5) is 5.69 Å². The van der Waals surface area contributed by atoms with E-state index in [9.17, 15) is 13.2 Å². The summed E-state index contributed by atoms with van der Waals surface area (Å²) in [5.41, 5.74) is 1.01. The number of nitrogens with zero attached hydrogens (tertiary/aromatic N) is 1. The van der Waals surface area contributed by atoms with Gasteiger partial charge in [0.2, 0.25) is 15.9 Å². The molecule has 1 fully saturated rings. The molecule has 150 valence electrons. The largest absolute Gasteiger partial charge is 0.497 e. The van der Waals surface area contributed by atoms with E-state index >= 15 is 0 Å². The minimum absolute atomic E-state index is 0.136. The van der Waals surface area contributed by atoms with E-state index < -0.39 is 22.0 Å². The van der Waals surface area contributed by atoms with Gasteiger partial charge >= 0.3 is 0 Å². The van der Waals surface area contributed by atoms with Crippen molar-refractivity contribution in [1.29, 1.82) is 0 Å². The molecule has 0 unspecified atom stereocenters. The van der Waals surface area contributed by atoms with E-state index in [2.05, 4.69) is 5.32 Å². The van der Waals surface area contributed by atoms with Crippen molar-refractivity contribution < 1.29 is 17.9 Å². The fourth-order valence-corrected chi connectivity index (χ4v) is 5.68. The Morgan fingerprint density at radius 2 is 1.86 bits per heavy atom. The Morgan fingerprint density at radius 1 is 1.18 bits per heavy atom. The number of aryl methyl sites for hydroxylation is 1. The second-order valence-electron chi connectivity index (χ2n) is 6.55. The van der Waals surface area contributed by atoms with Crippen LogP contribution < -0.4 is 10.1 Å². The highest BCUT2D eigenvalue weighted by Gasteiger charge is 2.40. The zero-order valence-corrected chi connectivity index (χ0v) is 17.7. The van der Waals surface area contributed by atoms with Gasteiger partial charge < -0.3 is 10.1 Å². The topological polar surface area (TPSA) is 75.7 Å². The van der Waals surface area contributed by atoms with E-state index in [1.807, 2.05) is 0 Å². The third-order valence-corrected chi connectivity index (χ3v) is 7.10. The molecule has 1 aliphatic heterocycles. The maximum atomic E-state index is 13.2. The van der Waals surface area contributed by atoms with Gasteiger partial charge in [0.15, 0.2) is 0 Å². The number of hydrogen-bond acceptors (Lipinski definition) is 4. The summed E-state index contributed by atoms with van der Waals surface area (Å²) in [7, 11) is -2.39. The van der Waals surface area contributed by atoms with Crippen LogP contribution in [-0.2, 0) is 14.8 Å². The molecule has 2 aromatic rings. The van der Waals surface area contributed by atoms with Gasteiger partial charge in [0, 0.05) is 28.3 Å². The number of nitrogens with one attached hydrogen (secondary N) is 1. The van der Waals surface area contributed by atoms with Crippen molar-refractivity contribution in [3.05, 3.63) is 52.0 Å². The van der Waals surface area contributed by atoms with Crippen LogP contribution in [0.2, 0.25) is 10.0 Å². The summed E-state index contributed by atoms with van der Waals surface area (Å²) in [6.07, 6.45) is 1.03. The van der Waals surface area contributed by atoms with Crippen LogP contribution in [0.25, 0.3) is 0 Å². The molecule has 1 amide bonds. The highest BCUT2D eigenvalue weighted by molar-refractivity contribution is 7.89. The predicted molar refractivity (Wildman–Crippen MR) is 110 cm³/mol. The fraction of sp³-hybridized carbons (Fsp3) is 0.316. The van der Waals surface area contributed by atoms with Gasteiger partial charge in [-0.3, -0.25) is 4.79 Å². The Hall–Kier alpha value is -1.80. The van der Waals surface area contributed by atoms with E-state index in [1.165, 1.54) is 17.5 Å². The first-order chi connectivity index (χ1) is 13.2. The van der Waals surface area contributed by atoms with E-state index in [4.69, 9.17) is 27.9 Å². The molecule has 0 saturated carbocycles. The number of anilines is 1. The Morgan fingerprint density at radius 3 is 2.50 bits per heavy atom. The Kier molecular flexibility index (Phi) is 6.19. The summed E-state index contributed by atoms with van der Waals surface area (Å²) >= 11 is 11.9. The van der Waals surface area contributed by atoms with Crippen LogP contribution >= 0.6 is 23.2 Å². The summed E-state index contributed by atoms with van der Waals surface area (Å²) in [6, 6.07) is 8.73. The molecule has 6 nitrogen and oxygen atoms in total. The van der Waals surface area contributed by atoms with Gasteiger partial charge in [-0.15, -0.1) is 0 Å². The molecule has 0 radical (unpaired) electrons. The van der Waals surface area contributed by atoms with Gasteiger partial charge in [-0.2, -0.15) is 4.31 Å². The van der Waals surface area contributed by atoms with E-state index in [-0.39, 0.29) is 11.4 Å². The standard InChI is InChI=1S/C19H20Cl2N2O4S/c1-12-5-6-16(27-2)11-18(12)28(25,26)23-7-3-4-17(23)19(24)22-15-9-13(20)8-14(21)10-15/h5-6,8-11,17H,3-4,7H2,1-2H3,(H,22,24)/t17-/m0/s1. The fourth-order valence-electron chi connectivity index (χ4n) is 3.25. The smallest absolute Gasteiger partial charge is 0.244 e. The molecule has 1 heterocycles. The van der Waals surface area contributed by atoms with Gasteiger partial charge in [-0.05, 0) is 49.6 Å². The molecule has 2 aromatic carbocycles. The number of carbonyl (C=O) groups is 1. The van der Waals surface area contributed by atoms with Gasteiger partial charge in [0.1, 0.15) is 11.8 Å². The third-order valence-electron chi connectivity index (χ3n) is 4.62. The summed E-state index contributed by atoms with van der Waals surface area (Å²) in [4.78, 5) is 12.9. The normalized spacial score (nSPS) is 17.5. The monoisotopic (exact) mass is 442 g/mol.